The van der Waals surface area contributed by atoms with Crippen LogP contribution in [0.2, 0.25) is 0 Å². The summed E-state index contributed by atoms with van der Waals surface area (Å²) in [4.78, 5) is 4.61. The molecule has 0 aliphatic heterocycles. The normalized spacial score (nSPS) is 12.4. The Kier molecular flexibility index (Phi) is 4.25. The summed E-state index contributed by atoms with van der Waals surface area (Å²) in [5.74, 6) is 0. The molecule has 0 saturated heterocycles. The van der Waals surface area contributed by atoms with Crippen LogP contribution in [0.4, 0.5) is 0 Å². The first-order valence-electron chi connectivity index (χ1n) is 6.50. The van der Waals surface area contributed by atoms with Crippen LogP contribution in [0.5, 0.6) is 0 Å². The largest absolute Gasteiger partial charge is 0.392 e. The number of hydrogen-bond acceptors (Lipinski definition) is 4. The number of rotatable bonds is 5. The van der Waals surface area contributed by atoms with Gasteiger partial charge >= 0.3 is 0 Å². The first-order valence-corrected chi connectivity index (χ1v) is 8.32. The standard InChI is InChI=1S/C16H15NOS2/c18-14(8-12-6-7-19-10-12)9-16-17-15(11-20-16)13-4-2-1-3-5-13/h1-7,10-11,14,18H,8-9H2. The maximum Gasteiger partial charge on any atom is 0.0958 e. The van der Waals surface area contributed by atoms with E-state index in [9.17, 15) is 5.11 Å². The van der Waals surface area contributed by atoms with E-state index in [1.54, 1.807) is 22.7 Å². The van der Waals surface area contributed by atoms with E-state index in [0.717, 1.165) is 16.3 Å². The van der Waals surface area contributed by atoms with E-state index in [4.69, 9.17) is 0 Å². The third-order valence-corrected chi connectivity index (χ3v) is 4.69. The number of nitrogens with zero attached hydrogens (tertiary/aromatic N) is 1. The van der Waals surface area contributed by atoms with Crippen molar-refractivity contribution in [3.8, 4) is 11.3 Å². The average molecular weight is 301 g/mol. The van der Waals surface area contributed by atoms with Crippen LogP contribution in [-0.2, 0) is 12.8 Å². The highest BCUT2D eigenvalue weighted by atomic mass is 32.1. The monoisotopic (exact) mass is 301 g/mol. The molecular weight excluding hydrogens is 286 g/mol. The van der Waals surface area contributed by atoms with Gasteiger partial charge in [0.05, 0.1) is 16.8 Å². The van der Waals surface area contributed by atoms with Crippen LogP contribution >= 0.6 is 22.7 Å². The third-order valence-electron chi connectivity index (χ3n) is 3.08. The van der Waals surface area contributed by atoms with Gasteiger partial charge in [0.1, 0.15) is 0 Å². The van der Waals surface area contributed by atoms with Crippen molar-refractivity contribution in [3.63, 3.8) is 0 Å². The zero-order valence-corrected chi connectivity index (χ0v) is 12.5. The molecule has 1 atom stereocenters. The van der Waals surface area contributed by atoms with Gasteiger partial charge in [0.25, 0.3) is 0 Å². The average Bonchev–Trinajstić information content (AvgIpc) is 3.11. The second-order valence-corrected chi connectivity index (χ2v) is 6.41. The maximum absolute atomic E-state index is 10.1. The van der Waals surface area contributed by atoms with Gasteiger partial charge in [-0.3, -0.25) is 0 Å². The quantitative estimate of drug-likeness (QED) is 0.772. The molecule has 0 saturated carbocycles. The minimum absolute atomic E-state index is 0.362. The van der Waals surface area contributed by atoms with Gasteiger partial charge in [0.15, 0.2) is 0 Å². The summed E-state index contributed by atoms with van der Waals surface area (Å²) in [7, 11) is 0. The smallest absolute Gasteiger partial charge is 0.0958 e. The minimum Gasteiger partial charge on any atom is -0.392 e. The Hall–Kier alpha value is -1.49. The molecule has 3 aromatic rings. The Labute approximate surface area is 126 Å². The fraction of sp³-hybridized carbons (Fsp3) is 0.188. The van der Waals surface area contributed by atoms with Gasteiger partial charge in [0.2, 0.25) is 0 Å². The Morgan fingerprint density at radius 1 is 1.05 bits per heavy atom. The molecule has 0 fully saturated rings. The van der Waals surface area contributed by atoms with E-state index in [2.05, 4.69) is 33.9 Å². The van der Waals surface area contributed by atoms with Gasteiger partial charge in [-0.15, -0.1) is 11.3 Å². The maximum atomic E-state index is 10.1. The zero-order chi connectivity index (χ0) is 13.8. The summed E-state index contributed by atoms with van der Waals surface area (Å²) < 4.78 is 0. The molecule has 0 aliphatic carbocycles. The number of hydrogen-bond donors (Lipinski definition) is 1. The van der Waals surface area contributed by atoms with Crippen LogP contribution in [0.1, 0.15) is 10.6 Å². The van der Waals surface area contributed by atoms with Crippen molar-refractivity contribution < 1.29 is 5.11 Å². The molecule has 0 aliphatic rings. The van der Waals surface area contributed by atoms with Crippen molar-refractivity contribution in [2.75, 3.05) is 0 Å². The molecule has 1 unspecified atom stereocenters. The van der Waals surface area contributed by atoms with Crippen LogP contribution in [0, 0.1) is 0 Å². The van der Waals surface area contributed by atoms with E-state index in [1.165, 1.54) is 5.56 Å². The van der Waals surface area contributed by atoms with Gasteiger partial charge in [-0.2, -0.15) is 11.3 Å². The number of thiophene rings is 1. The third kappa shape index (κ3) is 3.33. The van der Waals surface area contributed by atoms with E-state index in [0.29, 0.717) is 12.8 Å². The SMILES string of the molecule is OC(Cc1ccsc1)Cc1nc(-c2ccccc2)cs1. The first-order chi connectivity index (χ1) is 9.81. The lowest BCUT2D eigenvalue weighted by Gasteiger charge is -2.06. The fourth-order valence-corrected chi connectivity index (χ4v) is 3.66. The van der Waals surface area contributed by atoms with Crippen LogP contribution in [0.15, 0.2) is 52.5 Å². The Bertz CT molecular complexity index is 646. The van der Waals surface area contributed by atoms with Crippen LogP contribution in [-0.4, -0.2) is 16.2 Å². The van der Waals surface area contributed by atoms with Crippen molar-refractivity contribution in [3.05, 3.63) is 63.1 Å². The highest BCUT2D eigenvalue weighted by molar-refractivity contribution is 7.10. The van der Waals surface area contributed by atoms with E-state index >= 15 is 0 Å². The summed E-state index contributed by atoms with van der Waals surface area (Å²) in [6.07, 6.45) is 0.955. The molecule has 2 nitrogen and oxygen atoms in total. The predicted octanol–water partition coefficient (Wildman–Crippen LogP) is 4.02. The van der Waals surface area contributed by atoms with Crippen LogP contribution in [0.25, 0.3) is 11.3 Å². The molecule has 102 valence electrons. The topological polar surface area (TPSA) is 33.1 Å². The Balaban J connectivity index is 1.65. The fourth-order valence-electron chi connectivity index (χ4n) is 2.10. The lowest BCUT2D eigenvalue weighted by Crippen LogP contribution is -2.13. The van der Waals surface area contributed by atoms with E-state index in [-0.39, 0.29) is 6.10 Å². The van der Waals surface area contributed by atoms with Crippen molar-refractivity contribution in [2.45, 2.75) is 18.9 Å². The summed E-state index contributed by atoms with van der Waals surface area (Å²) in [5, 5.41) is 17.3. The van der Waals surface area contributed by atoms with Gasteiger partial charge in [-0.25, -0.2) is 4.98 Å². The molecule has 20 heavy (non-hydrogen) atoms. The lowest BCUT2D eigenvalue weighted by atomic mass is 10.1. The van der Waals surface area contributed by atoms with Gasteiger partial charge < -0.3 is 5.11 Å². The number of aromatic nitrogens is 1. The molecule has 1 aromatic carbocycles. The second kappa shape index (κ2) is 6.31. The zero-order valence-electron chi connectivity index (χ0n) is 10.9. The van der Waals surface area contributed by atoms with Crippen molar-refractivity contribution in [1.29, 1.82) is 0 Å². The summed E-state index contributed by atoms with van der Waals surface area (Å²) in [6, 6.07) is 12.2. The number of benzene rings is 1. The van der Waals surface area contributed by atoms with Crippen molar-refractivity contribution in [2.24, 2.45) is 0 Å². The molecule has 1 N–H and O–H groups in total. The van der Waals surface area contributed by atoms with Crippen molar-refractivity contribution in [1.82, 2.24) is 4.98 Å². The molecular formula is C16H15NOS2. The van der Waals surface area contributed by atoms with Crippen LogP contribution < -0.4 is 0 Å². The minimum atomic E-state index is -0.362. The molecule has 2 aromatic heterocycles. The number of thiazole rings is 1. The molecule has 0 spiro atoms. The second-order valence-electron chi connectivity index (χ2n) is 4.69. The molecule has 4 heteroatoms. The van der Waals surface area contributed by atoms with Gasteiger partial charge in [0, 0.05) is 17.4 Å². The highest BCUT2D eigenvalue weighted by Crippen LogP contribution is 2.22. The Morgan fingerprint density at radius 3 is 2.65 bits per heavy atom. The highest BCUT2D eigenvalue weighted by Gasteiger charge is 2.11. The molecule has 3 rings (SSSR count). The van der Waals surface area contributed by atoms with Gasteiger partial charge in [-0.1, -0.05) is 30.3 Å². The van der Waals surface area contributed by atoms with E-state index < -0.39 is 0 Å². The molecule has 0 bridgehead atoms. The van der Waals surface area contributed by atoms with E-state index in [1.807, 2.05) is 23.6 Å². The van der Waals surface area contributed by atoms with Crippen molar-refractivity contribution >= 4 is 22.7 Å². The summed E-state index contributed by atoms with van der Waals surface area (Å²) in [5.41, 5.74) is 3.32. The van der Waals surface area contributed by atoms with Crippen LogP contribution in [0.3, 0.4) is 0 Å². The Morgan fingerprint density at radius 2 is 1.90 bits per heavy atom. The summed E-state index contributed by atoms with van der Waals surface area (Å²) in [6.45, 7) is 0. The molecule has 0 amide bonds. The number of aliphatic hydroxyl groups is 1. The summed E-state index contributed by atoms with van der Waals surface area (Å²) >= 11 is 3.28. The van der Waals surface area contributed by atoms with Gasteiger partial charge in [-0.05, 0) is 28.8 Å². The predicted molar refractivity (Wildman–Crippen MR) is 85.3 cm³/mol. The number of aliphatic hydroxyl groups excluding tert-OH is 1. The molecule has 0 radical (unpaired) electrons. The first kappa shape index (κ1) is 13.5. The lowest BCUT2D eigenvalue weighted by molar-refractivity contribution is 0.175. The molecule has 2 heterocycles.